The Morgan fingerprint density at radius 3 is 3.18 bits per heavy atom. The highest BCUT2D eigenvalue weighted by molar-refractivity contribution is 7.09. The van der Waals surface area contributed by atoms with Crippen molar-refractivity contribution < 1.29 is 4.74 Å². The van der Waals surface area contributed by atoms with Gasteiger partial charge in [0.05, 0.1) is 19.0 Å². The van der Waals surface area contributed by atoms with E-state index in [0.29, 0.717) is 5.65 Å². The summed E-state index contributed by atoms with van der Waals surface area (Å²) < 4.78 is 5.81. The van der Waals surface area contributed by atoms with Crippen LogP contribution in [-0.4, -0.2) is 39.2 Å². The second kappa shape index (κ2) is 6.02. The van der Waals surface area contributed by atoms with Gasteiger partial charge in [-0.15, -0.1) is 11.3 Å². The molecule has 1 saturated heterocycles. The van der Waals surface area contributed by atoms with Crippen LogP contribution in [0, 0.1) is 0 Å². The average Bonchev–Trinajstić information content (AvgIpc) is 3.28. The smallest absolute Gasteiger partial charge is 0.182 e. The Hall–Kier alpha value is -1.99. The maximum atomic E-state index is 5.81. The molecule has 7 heteroatoms. The fraction of sp³-hybridized carbons (Fsp3) is 0.400. The zero-order valence-electron chi connectivity index (χ0n) is 12.1. The number of fused-ring (bicyclic) bond motifs is 1. The van der Waals surface area contributed by atoms with Gasteiger partial charge in [-0.3, -0.25) is 0 Å². The van der Waals surface area contributed by atoms with Gasteiger partial charge in [0.25, 0.3) is 0 Å². The van der Waals surface area contributed by atoms with Crippen molar-refractivity contribution in [2.75, 3.05) is 18.1 Å². The fourth-order valence-electron chi connectivity index (χ4n) is 2.84. The number of nitrogens with zero attached hydrogens (tertiary/aromatic N) is 4. The standard InChI is InChI=1S/C15H17N5OS/c1-3-11(21-5-1)7-20(8-12-4-2-6-22-12)15-13-14(17-9-16-13)18-10-19-15/h2,4,6,9-11H,1,3,5,7-8H2,(H,16,17,18,19)/t11-/m0/s1. The largest absolute Gasteiger partial charge is 0.376 e. The minimum absolute atomic E-state index is 0.271. The molecule has 1 aliphatic heterocycles. The van der Waals surface area contributed by atoms with E-state index < -0.39 is 0 Å². The van der Waals surface area contributed by atoms with Crippen LogP contribution in [-0.2, 0) is 11.3 Å². The van der Waals surface area contributed by atoms with Crippen molar-refractivity contribution in [3.05, 3.63) is 35.0 Å². The van der Waals surface area contributed by atoms with Crippen LogP contribution in [0.3, 0.4) is 0 Å². The highest BCUT2D eigenvalue weighted by atomic mass is 32.1. The number of anilines is 1. The molecule has 3 aromatic rings. The second-order valence-electron chi connectivity index (χ2n) is 5.39. The Labute approximate surface area is 132 Å². The molecule has 0 amide bonds. The summed E-state index contributed by atoms with van der Waals surface area (Å²) in [6.07, 6.45) is 5.76. The monoisotopic (exact) mass is 315 g/mol. The fourth-order valence-corrected chi connectivity index (χ4v) is 3.56. The summed E-state index contributed by atoms with van der Waals surface area (Å²) >= 11 is 1.76. The molecule has 0 saturated carbocycles. The Balaban J connectivity index is 1.67. The van der Waals surface area contributed by atoms with E-state index >= 15 is 0 Å². The van der Waals surface area contributed by atoms with E-state index in [9.17, 15) is 0 Å². The summed E-state index contributed by atoms with van der Waals surface area (Å²) in [6.45, 7) is 2.52. The molecule has 1 fully saturated rings. The van der Waals surface area contributed by atoms with Gasteiger partial charge in [0, 0.05) is 18.0 Å². The van der Waals surface area contributed by atoms with Crippen molar-refractivity contribution in [2.24, 2.45) is 0 Å². The van der Waals surface area contributed by atoms with Crippen molar-refractivity contribution in [2.45, 2.75) is 25.5 Å². The number of hydrogen-bond donors (Lipinski definition) is 1. The third-order valence-corrected chi connectivity index (χ3v) is 4.74. The molecule has 22 heavy (non-hydrogen) atoms. The maximum absolute atomic E-state index is 5.81. The van der Waals surface area contributed by atoms with Crippen molar-refractivity contribution >= 4 is 28.3 Å². The summed E-state index contributed by atoms with van der Waals surface area (Å²) in [5.74, 6) is 0.895. The van der Waals surface area contributed by atoms with E-state index in [0.717, 1.165) is 43.9 Å². The highest BCUT2D eigenvalue weighted by Crippen LogP contribution is 2.25. The number of thiophene rings is 1. The van der Waals surface area contributed by atoms with E-state index in [1.54, 1.807) is 24.0 Å². The highest BCUT2D eigenvalue weighted by Gasteiger charge is 2.22. The summed E-state index contributed by atoms with van der Waals surface area (Å²) in [7, 11) is 0. The van der Waals surface area contributed by atoms with Crippen LogP contribution in [0.25, 0.3) is 11.2 Å². The lowest BCUT2D eigenvalue weighted by Crippen LogP contribution is -2.32. The summed E-state index contributed by atoms with van der Waals surface area (Å²) in [4.78, 5) is 19.7. The molecule has 4 rings (SSSR count). The lowest BCUT2D eigenvalue weighted by atomic mass is 10.2. The third-order valence-electron chi connectivity index (χ3n) is 3.88. The lowest BCUT2D eigenvalue weighted by Gasteiger charge is -2.26. The molecule has 0 bridgehead atoms. The van der Waals surface area contributed by atoms with Gasteiger partial charge in [0.15, 0.2) is 11.5 Å². The van der Waals surface area contributed by atoms with Gasteiger partial charge in [0.2, 0.25) is 0 Å². The van der Waals surface area contributed by atoms with Crippen molar-refractivity contribution in [1.29, 1.82) is 0 Å². The van der Waals surface area contributed by atoms with Gasteiger partial charge < -0.3 is 14.6 Å². The van der Waals surface area contributed by atoms with Crippen LogP contribution >= 0.6 is 11.3 Å². The van der Waals surface area contributed by atoms with Crippen LogP contribution in [0.4, 0.5) is 5.82 Å². The lowest BCUT2D eigenvalue weighted by molar-refractivity contribution is 0.115. The normalized spacial score (nSPS) is 18.1. The van der Waals surface area contributed by atoms with Gasteiger partial charge >= 0.3 is 0 Å². The predicted octanol–water partition coefficient (Wildman–Crippen LogP) is 2.60. The number of imidazole rings is 1. The van der Waals surface area contributed by atoms with Crippen molar-refractivity contribution in [3.8, 4) is 0 Å². The minimum atomic E-state index is 0.271. The first-order valence-corrected chi connectivity index (χ1v) is 8.31. The van der Waals surface area contributed by atoms with Gasteiger partial charge in [-0.25, -0.2) is 15.0 Å². The molecule has 4 heterocycles. The molecule has 0 aliphatic carbocycles. The molecule has 0 unspecified atom stereocenters. The van der Waals surface area contributed by atoms with E-state index in [-0.39, 0.29) is 6.10 Å². The first-order chi connectivity index (χ1) is 10.9. The van der Waals surface area contributed by atoms with Crippen molar-refractivity contribution in [3.63, 3.8) is 0 Å². The average molecular weight is 315 g/mol. The molecule has 0 aromatic carbocycles. The summed E-state index contributed by atoms with van der Waals surface area (Å²) in [6, 6.07) is 4.23. The number of aromatic amines is 1. The molecule has 6 nitrogen and oxygen atoms in total. The molecule has 1 aliphatic rings. The van der Waals surface area contributed by atoms with Crippen LogP contribution in [0.5, 0.6) is 0 Å². The molecule has 3 aromatic heterocycles. The third kappa shape index (κ3) is 2.69. The van der Waals surface area contributed by atoms with Gasteiger partial charge in [-0.2, -0.15) is 0 Å². The van der Waals surface area contributed by atoms with E-state index in [1.165, 1.54) is 4.88 Å². The van der Waals surface area contributed by atoms with Crippen LogP contribution < -0.4 is 4.90 Å². The van der Waals surface area contributed by atoms with E-state index in [2.05, 4.69) is 42.3 Å². The number of ether oxygens (including phenoxy) is 1. The first-order valence-electron chi connectivity index (χ1n) is 7.43. The zero-order valence-corrected chi connectivity index (χ0v) is 12.9. The van der Waals surface area contributed by atoms with Crippen molar-refractivity contribution in [1.82, 2.24) is 19.9 Å². The maximum Gasteiger partial charge on any atom is 0.182 e. The number of rotatable bonds is 5. The molecule has 0 spiro atoms. The number of H-pyrrole nitrogens is 1. The van der Waals surface area contributed by atoms with Crippen LogP contribution in [0.1, 0.15) is 17.7 Å². The Bertz CT molecular complexity index is 735. The van der Waals surface area contributed by atoms with E-state index in [4.69, 9.17) is 4.74 Å². The number of aromatic nitrogens is 4. The molecule has 1 atom stereocenters. The number of hydrogen-bond acceptors (Lipinski definition) is 6. The van der Waals surface area contributed by atoms with Gasteiger partial charge in [0.1, 0.15) is 11.8 Å². The summed E-state index contributed by atoms with van der Waals surface area (Å²) in [5, 5.41) is 2.10. The van der Waals surface area contributed by atoms with Crippen LogP contribution in [0.15, 0.2) is 30.2 Å². The predicted molar refractivity (Wildman–Crippen MR) is 86.0 cm³/mol. The van der Waals surface area contributed by atoms with E-state index in [1.807, 2.05) is 0 Å². The SMILES string of the molecule is c1csc(CN(C[C@@H]2CCCO2)c2ncnc3nc[nH]c23)c1. The molecular weight excluding hydrogens is 298 g/mol. The molecule has 0 radical (unpaired) electrons. The first kappa shape index (κ1) is 13.7. The second-order valence-corrected chi connectivity index (χ2v) is 6.43. The topological polar surface area (TPSA) is 66.9 Å². The van der Waals surface area contributed by atoms with Gasteiger partial charge in [-0.1, -0.05) is 6.07 Å². The molecule has 114 valence electrons. The minimum Gasteiger partial charge on any atom is -0.376 e. The molecular formula is C15H17N5OS. The Morgan fingerprint density at radius 1 is 1.36 bits per heavy atom. The summed E-state index contributed by atoms with van der Waals surface area (Å²) in [5.41, 5.74) is 1.59. The Kier molecular flexibility index (Phi) is 3.74. The molecule has 1 N–H and O–H groups in total. The zero-order chi connectivity index (χ0) is 14.8. The van der Waals surface area contributed by atoms with Crippen LogP contribution in [0.2, 0.25) is 0 Å². The van der Waals surface area contributed by atoms with Gasteiger partial charge in [-0.05, 0) is 24.3 Å². The quantitative estimate of drug-likeness (QED) is 0.784. The Morgan fingerprint density at radius 2 is 2.36 bits per heavy atom. The number of nitrogens with one attached hydrogen (secondary N) is 1.